The Kier molecular flexibility index (Phi) is 12.0. The van der Waals surface area contributed by atoms with E-state index < -0.39 is 29.6 Å². The van der Waals surface area contributed by atoms with Crippen LogP contribution in [0.4, 0.5) is 0 Å². The van der Waals surface area contributed by atoms with Gasteiger partial charge in [-0.05, 0) is 58.1 Å². The second-order valence-electron chi connectivity index (χ2n) is 11.7. The van der Waals surface area contributed by atoms with E-state index in [0.29, 0.717) is 32.2 Å². The monoisotopic (exact) mass is 600 g/mol. The summed E-state index contributed by atoms with van der Waals surface area (Å²) in [6.45, 7) is 7.70. The van der Waals surface area contributed by atoms with Crippen molar-refractivity contribution in [1.82, 2.24) is 20.5 Å². The number of hydrogen-bond acceptors (Lipinski definition) is 7. The molecule has 4 N–H and O–H groups in total. The number of carboxylic acid groups (broad SMARTS) is 1. The number of aryl methyl sites for hydroxylation is 1. The fourth-order valence-electron chi connectivity index (χ4n) is 5.10. The number of rotatable bonds is 15. The van der Waals surface area contributed by atoms with Crippen molar-refractivity contribution in [2.45, 2.75) is 97.2 Å². The van der Waals surface area contributed by atoms with Crippen LogP contribution in [0.5, 0.6) is 0 Å². The van der Waals surface area contributed by atoms with Crippen molar-refractivity contribution in [3.8, 4) is 10.4 Å². The Morgan fingerprint density at radius 2 is 1.76 bits per heavy atom. The molecule has 0 aliphatic carbocycles. The number of carbonyl (C=O) groups excluding carboxylic acids is 3. The highest BCUT2D eigenvalue weighted by molar-refractivity contribution is 7.13. The summed E-state index contributed by atoms with van der Waals surface area (Å²) >= 11 is 1.60. The van der Waals surface area contributed by atoms with Crippen molar-refractivity contribution in [3.63, 3.8) is 0 Å². The minimum absolute atomic E-state index is 0.0653. The maximum absolute atomic E-state index is 13.6. The quantitative estimate of drug-likeness (QED) is 0.228. The van der Waals surface area contributed by atoms with Crippen LogP contribution in [0, 0.1) is 12.3 Å². The number of aliphatic hydroxyl groups is 1. The zero-order chi connectivity index (χ0) is 30.9. The molecule has 3 rings (SSSR count). The predicted octanol–water partition coefficient (Wildman–Crippen LogP) is 3.70. The van der Waals surface area contributed by atoms with Gasteiger partial charge in [0.05, 0.1) is 27.6 Å². The molecule has 0 radical (unpaired) electrons. The molecule has 1 aliphatic rings. The predicted molar refractivity (Wildman–Crippen MR) is 162 cm³/mol. The standard InChI is InChI=1S/C31H44N4O6S/c1-20-28(42-19-33-20)23-13-11-22(12-14-23)15-16-32-29(40)25-17-24(36)18-35(25)30(41)31(3,4)21(2)34-26(37)9-7-5-6-8-10-27(38)39/h11-14,19,21,24-25,36H,5-10,15-18H2,1-4H3,(H,32,40)(H,34,37)(H,38,39)/t21-,24+,25-/m0/s1. The molecule has 0 unspecified atom stereocenters. The second-order valence-corrected chi connectivity index (χ2v) is 12.5. The van der Waals surface area contributed by atoms with Crippen LogP contribution in [0.3, 0.4) is 0 Å². The summed E-state index contributed by atoms with van der Waals surface area (Å²) in [5, 5.41) is 24.9. The zero-order valence-corrected chi connectivity index (χ0v) is 25.8. The molecular weight excluding hydrogens is 556 g/mol. The topological polar surface area (TPSA) is 149 Å². The normalized spacial score (nSPS) is 17.6. The summed E-state index contributed by atoms with van der Waals surface area (Å²) in [6, 6.07) is 6.90. The van der Waals surface area contributed by atoms with Gasteiger partial charge in [0.2, 0.25) is 17.7 Å². The first-order valence-corrected chi connectivity index (χ1v) is 15.6. The molecule has 1 fully saturated rings. The molecule has 2 aromatic rings. The van der Waals surface area contributed by atoms with E-state index in [1.165, 1.54) is 4.90 Å². The van der Waals surface area contributed by atoms with Crippen LogP contribution in [-0.2, 0) is 25.6 Å². The molecule has 0 bridgehead atoms. The minimum Gasteiger partial charge on any atom is -0.481 e. The first-order chi connectivity index (χ1) is 19.9. The highest BCUT2D eigenvalue weighted by Crippen LogP contribution is 2.30. The third-order valence-electron chi connectivity index (χ3n) is 8.07. The van der Waals surface area contributed by atoms with Gasteiger partial charge in [-0.15, -0.1) is 11.3 Å². The molecule has 1 saturated heterocycles. The maximum atomic E-state index is 13.6. The lowest BCUT2D eigenvalue weighted by Gasteiger charge is -2.36. The fraction of sp³-hybridized carbons (Fsp3) is 0.581. The van der Waals surface area contributed by atoms with E-state index in [1.54, 1.807) is 32.1 Å². The highest BCUT2D eigenvalue weighted by Gasteiger charge is 2.46. The Balaban J connectivity index is 1.48. The van der Waals surface area contributed by atoms with Crippen LogP contribution in [-0.4, -0.2) is 75.1 Å². The summed E-state index contributed by atoms with van der Waals surface area (Å²) in [6.07, 6.45) is 3.17. The molecule has 10 nitrogen and oxygen atoms in total. The van der Waals surface area contributed by atoms with E-state index in [1.807, 2.05) is 24.6 Å². The van der Waals surface area contributed by atoms with E-state index in [0.717, 1.165) is 34.5 Å². The van der Waals surface area contributed by atoms with Crippen molar-refractivity contribution < 1.29 is 29.4 Å². The summed E-state index contributed by atoms with van der Waals surface area (Å²) in [4.78, 5) is 56.7. The number of aromatic nitrogens is 1. The van der Waals surface area contributed by atoms with E-state index in [2.05, 4.69) is 27.8 Å². The van der Waals surface area contributed by atoms with Crippen molar-refractivity contribution >= 4 is 35.0 Å². The fourth-order valence-corrected chi connectivity index (χ4v) is 5.91. The molecular formula is C31H44N4O6S. The number of carboxylic acids is 1. The Bertz CT molecular complexity index is 1230. The van der Waals surface area contributed by atoms with Gasteiger partial charge in [0.25, 0.3) is 0 Å². The SMILES string of the molecule is Cc1ncsc1-c1ccc(CCNC(=O)[C@@H]2C[C@@H](O)CN2C(=O)C(C)(C)[C@H](C)NC(=O)CCCCCCC(=O)O)cc1. The van der Waals surface area contributed by atoms with Gasteiger partial charge in [-0.25, -0.2) is 4.98 Å². The molecule has 0 spiro atoms. The largest absolute Gasteiger partial charge is 0.481 e. The van der Waals surface area contributed by atoms with Gasteiger partial charge < -0.3 is 25.7 Å². The number of β-amino-alcohol motifs (C(OH)–C–C–N with tert-alkyl or cyclic N) is 1. The summed E-state index contributed by atoms with van der Waals surface area (Å²) in [7, 11) is 0. The second kappa shape index (κ2) is 15.2. The van der Waals surface area contributed by atoms with Gasteiger partial charge in [-0.1, -0.05) is 37.1 Å². The third kappa shape index (κ3) is 9.09. The zero-order valence-electron chi connectivity index (χ0n) is 25.0. The number of amides is 3. The Hall–Kier alpha value is -3.31. The summed E-state index contributed by atoms with van der Waals surface area (Å²) in [5.41, 5.74) is 4.01. The Morgan fingerprint density at radius 1 is 1.10 bits per heavy atom. The Morgan fingerprint density at radius 3 is 2.38 bits per heavy atom. The van der Waals surface area contributed by atoms with E-state index >= 15 is 0 Å². The van der Waals surface area contributed by atoms with Gasteiger partial charge in [0, 0.05) is 38.4 Å². The number of nitrogens with zero attached hydrogens (tertiary/aromatic N) is 2. The molecule has 230 valence electrons. The van der Waals surface area contributed by atoms with E-state index in [-0.39, 0.29) is 37.1 Å². The molecule has 1 aromatic carbocycles. The van der Waals surface area contributed by atoms with E-state index in [4.69, 9.17) is 5.11 Å². The number of benzene rings is 1. The number of hydrogen-bond donors (Lipinski definition) is 4. The molecule has 1 aliphatic heterocycles. The van der Waals surface area contributed by atoms with Crippen LogP contribution in [0.2, 0.25) is 0 Å². The molecule has 3 atom stereocenters. The molecule has 0 saturated carbocycles. The lowest BCUT2D eigenvalue weighted by atomic mass is 9.83. The van der Waals surface area contributed by atoms with Gasteiger partial charge in [0.1, 0.15) is 6.04 Å². The summed E-state index contributed by atoms with van der Waals surface area (Å²) < 4.78 is 0. The van der Waals surface area contributed by atoms with Crippen LogP contribution < -0.4 is 10.6 Å². The summed E-state index contributed by atoms with van der Waals surface area (Å²) in [5.74, 6) is -1.59. The average molecular weight is 601 g/mol. The third-order valence-corrected chi connectivity index (χ3v) is 9.05. The van der Waals surface area contributed by atoms with Crippen LogP contribution in [0.25, 0.3) is 10.4 Å². The Labute approximate surface area is 251 Å². The molecule has 11 heteroatoms. The average Bonchev–Trinajstić information content (AvgIpc) is 3.55. The first-order valence-electron chi connectivity index (χ1n) is 14.7. The number of aliphatic carboxylic acids is 1. The molecule has 3 amide bonds. The van der Waals surface area contributed by atoms with Crippen molar-refractivity contribution in [3.05, 3.63) is 41.0 Å². The maximum Gasteiger partial charge on any atom is 0.303 e. The number of aliphatic hydroxyl groups excluding tert-OH is 1. The highest BCUT2D eigenvalue weighted by atomic mass is 32.1. The lowest BCUT2D eigenvalue weighted by Crippen LogP contribution is -2.55. The number of nitrogens with one attached hydrogen (secondary N) is 2. The van der Waals surface area contributed by atoms with Crippen LogP contribution in [0.15, 0.2) is 29.8 Å². The molecule has 2 heterocycles. The van der Waals surface area contributed by atoms with Crippen LogP contribution in [0.1, 0.15) is 77.0 Å². The minimum atomic E-state index is -1.00. The first kappa shape index (κ1) is 33.2. The van der Waals surface area contributed by atoms with Gasteiger partial charge in [-0.2, -0.15) is 0 Å². The smallest absolute Gasteiger partial charge is 0.303 e. The van der Waals surface area contributed by atoms with Gasteiger partial charge in [0.15, 0.2) is 0 Å². The van der Waals surface area contributed by atoms with Crippen molar-refractivity contribution in [2.24, 2.45) is 5.41 Å². The number of carbonyl (C=O) groups is 4. The van der Waals surface area contributed by atoms with Gasteiger partial charge in [-0.3, -0.25) is 19.2 Å². The van der Waals surface area contributed by atoms with E-state index in [9.17, 15) is 24.3 Å². The van der Waals surface area contributed by atoms with Crippen molar-refractivity contribution in [1.29, 1.82) is 0 Å². The van der Waals surface area contributed by atoms with Crippen LogP contribution >= 0.6 is 11.3 Å². The van der Waals surface area contributed by atoms with Gasteiger partial charge >= 0.3 is 5.97 Å². The number of thiazole rings is 1. The number of likely N-dealkylation sites (tertiary alicyclic amines) is 1. The number of unbranched alkanes of at least 4 members (excludes halogenated alkanes) is 3. The van der Waals surface area contributed by atoms with Crippen molar-refractivity contribution in [2.75, 3.05) is 13.1 Å². The lowest BCUT2D eigenvalue weighted by molar-refractivity contribution is -0.147. The molecule has 42 heavy (non-hydrogen) atoms. The molecule has 1 aromatic heterocycles.